The highest BCUT2D eigenvalue weighted by atomic mass is 33.1. The average molecular weight is 1070 g/mol. The average Bonchev–Trinajstić information content (AvgIpc) is 3.97. The molecule has 0 aliphatic carbocycles. The summed E-state index contributed by atoms with van der Waals surface area (Å²) >= 11 is 0. The lowest BCUT2D eigenvalue weighted by molar-refractivity contribution is -0.401. The maximum absolute atomic E-state index is 14.4. The number of fused-ring (bicyclic) bond motifs is 8. The molecule has 15 heteroatoms. The van der Waals surface area contributed by atoms with E-state index in [0.717, 1.165) is 87.6 Å². The highest BCUT2D eigenvalue weighted by Gasteiger charge is 2.38. The Balaban J connectivity index is 0.999. The molecule has 5 aromatic rings. The van der Waals surface area contributed by atoms with E-state index >= 15 is 0 Å². The monoisotopic (exact) mass is 1070 g/mol. The summed E-state index contributed by atoms with van der Waals surface area (Å²) in [4.78, 5) is 46.9. The number of methoxy groups -OCH3 is 2. The van der Waals surface area contributed by atoms with E-state index in [2.05, 4.69) is 73.5 Å². The molecular formula is C61H72N4O9S2. The third kappa shape index (κ3) is 12.8. The molecule has 0 N–H and O–H groups in total. The van der Waals surface area contributed by atoms with Crippen molar-refractivity contribution in [2.24, 2.45) is 0 Å². The van der Waals surface area contributed by atoms with Crippen LogP contribution in [-0.4, -0.2) is 118 Å². The number of para-hydroxylation sites is 2. The lowest BCUT2D eigenvalue weighted by Gasteiger charge is -2.34. The number of rotatable bonds is 26. The Kier molecular flexibility index (Phi) is 18.1. The van der Waals surface area contributed by atoms with Gasteiger partial charge in [0.2, 0.25) is 5.91 Å². The molecule has 4 heterocycles. The third-order valence-corrected chi connectivity index (χ3v) is 17.9. The topological polar surface area (TPSA) is 119 Å². The zero-order valence-corrected chi connectivity index (χ0v) is 46.7. The van der Waals surface area contributed by atoms with Gasteiger partial charge in [0.15, 0.2) is 5.75 Å². The summed E-state index contributed by atoms with van der Waals surface area (Å²) in [6.45, 7) is 12.7. The van der Waals surface area contributed by atoms with Crippen molar-refractivity contribution >= 4 is 68.1 Å². The summed E-state index contributed by atoms with van der Waals surface area (Å²) in [7, 11) is 8.83. The van der Waals surface area contributed by atoms with Crippen LogP contribution in [0.2, 0.25) is 0 Å². The Hall–Kier alpha value is -5.84. The van der Waals surface area contributed by atoms with Crippen LogP contribution in [0.5, 0.6) is 17.2 Å². The van der Waals surface area contributed by atoms with Crippen LogP contribution >= 0.6 is 21.6 Å². The maximum Gasteiger partial charge on any atom is 0.258 e. The largest absolute Gasteiger partial charge is 0.493 e. The van der Waals surface area contributed by atoms with Crippen LogP contribution in [0.1, 0.15) is 101 Å². The summed E-state index contributed by atoms with van der Waals surface area (Å²) in [5, 5.41) is 0. The van der Waals surface area contributed by atoms with Crippen LogP contribution in [-0.2, 0) is 51.5 Å². The minimum Gasteiger partial charge on any atom is -0.493 e. The van der Waals surface area contributed by atoms with Crippen LogP contribution in [0.25, 0.3) is 0 Å². The number of carbonyl (C=O) groups excluding carboxylic acids is 3. The SMILES string of the molecule is CCC(=O)CCCSSC(C)(C)CN(CCOCCOCCOC)c1cc(COc2cc3c(cc2C)C(=O)N2c4ccccc4C[C@H]2CC3)cc(COc2cc3c(cc2OC)C(=O)N2c4ccccc4C[C@H]2[C-]=[N+]3C)c1. The van der Waals surface area contributed by atoms with Gasteiger partial charge >= 0.3 is 0 Å². The minimum atomic E-state index is -0.241. The molecule has 9 rings (SSSR count). The van der Waals surface area contributed by atoms with Crippen molar-refractivity contribution in [2.75, 3.05) is 87.8 Å². The molecule has 4 aliphatic rings. The van der Waals surface area contributed by atoms with Crippen LogP contribution in [0, 0.1) is 6.92 Å². The number of hydrogen-bond donors (Lipinski definition) is 0. The van der Waals surface area contributed by atoms with E-state index in [1.807, 2.05) is 93.3 Å². The van der Waals surface area contributed by atoms with Gasteiger partial charge in [-0.05, 0) is 141 Å². The number of carbonyl (C=O) groups is 3. The van der Waals surface area contributed by atoms with Gasteiger partial charge in [0.25, 0.3) is 5.91 Å². The zero-order chi connectivity index (χ0) is 53.3. The second-order valence-electron chi connectivity index (χ2n) is 20.6. The number of benzene rings is 5. The Labute approximate surface area is 456 Å². The molecule has 0 spiro atoms. The number of Topliss-reactive ketones (excluding diaryl/α,β-unsaturated/α-hetero) is 1. The van der Waals surface area contributed by atoms with Crippen molar-refractivity contribution < 1.29 is 47.4 Å². The van der Waals surface area contributed by atoms with Gasteiger partial charge in [-0.3, -0.25) is 14.4 Å². The third-order valence-electron chi connectivity index (χ3n) is 14.5. The molecule has 0 aromatic heterocycles. The van der Waals surface area contributed by atoms with Crippen LogP contribution in [0.4, 0.5) is 22.7 Å². The van der Waals surface area contributed by atoms with E-state index in [1.54, 1.807) is 20.3 Å². The van der Waals surface area contributed by atoms with Gasteiger partial charge in [0, 0.05) is 90.0 Å². The van der Waals surface area contributed by atoms with E-state index in [0.29, 0.717) is 93.9 Å². The van der Waals surface area contributed by atoms with Crippen LogP contribution in [0.15, 0.2) is 91.0 Å². The summed E-state index contributed by atoms with van der Waals surface area (Å²) < 4.78 is 38.2. The Morgan fingerprint density at radius 2 is 1.45 bits per heavy atom. The zero-order valence-electron chi connectivity index (χ0n) is 45.1. The molecule has 76 heavy (non-hydrogen) atoms. The normalized spacial score (nSPS) is 16.4. The van der Waals surface area contributed by atoms with Gasteiger partial charge in [-0.15, -0.1) is 0 Å². The number of aryl methyl sites for hydroxylation is 2. The Bertz CT molecular complexity index is 2940. The van der Waals surface area contributed by atoms with Crippen molar-refractivity contribution in [2.45, 2.75) is 103 Å². The highest BCUT2D eigenvalue weighted by molar-refractivity contribution is 8.77. The lowest BCUT2D eigenvalue weighted by atomic mass is 9.98. The second-order valence-corrected chi connectivity index (χ2v) is 23.7. The number of nitrogens with zero attached hydrogens (tertiary/aromatic N) is 4. The van der Waals surface area contributed by atoms with E-state index in [4.69, 9.17) is 28.4 Å². The fourth-order valence-electron chi connectivity index (χ4n) is 10.7. The van der Waals surface area contributed by atoms with Gasteiger partial charge in [-0.1, -0.05) is 64.9 Å². The van der Waals surface area contributed by atoms with Gasteiger partial charge in [0.1, 0.15) is 37.5 Å². The fraction of sp³-hybridized carbons (Fsp3) is 0.443. The molecule has 5 aromatic carbocycles. The standard InChI is InChI=1S/C61H72N4O9S2/c1-8-50(66)16-13-27-75-76-61(3,4)40-63(21-22-71-25-26-72-24-23-69-6)48-30-42(38-73-56-34-44-19-20-47-32-45-14-9-11-17-53(45)64(47)59(67)51(44)28-41(56)2)29-43(31-48)39-74-58-36-55-52(35-57(58)70-7)60(68)65-49(37-62(55)5)33-46-15-10-12-18-54(46)65/h9-12,14-15,17-18,28-31,34-36,47,49H,8,13,16,19-27,32-33,38-40H2,1-7H3/t47-,49+/m1/s1. The summed E-state index contributed by atoms with van der Waals surface area (Å²) in [5.41, 5.74) is 10.9. The van der Waals surface area contributed by atoms with Crippen LogP contribution in [0.3, 0.4) is 0 Å². The van der Waals surface area contributed by atoms with Crippen LogP contribution < -0.4 is 28.9 Å². The van der Waals surface area contributed by atoms with E-state index in [-0.39, 0.29) is 41.9 Å². The minimum absolute atomic E-state index is 0.0509. The molecular weight excluding hydrogens is 997 g/mol. The number of ketones is 1. The van der Waals surface area contributed by atoms with Gasteiger partial charge in [-0.25, -0.2) is 0 Å². The summed E-state index contributed by atoms with van der Waals surface area (Å²) in [6, 6.07) is 30.4. The van der Waals surface area contributed by atoms with Gasteiger partial charge < -0.3 is 47.7 Å². The van der Waals surface area contributed by atoms with E-state index in [1.165, 1.54) is 5.56 Å². The van der Waals surface area contributed by atoms with Gasteiger partial charge in [0.05, 0.1) is 45.8 Å². The fourth-order valence-corrected chi connectivity index (χ4v) is 13.3. The molecule has 0 saturated heterocycles. The molecule has 0 bridgehead atoms. The van der Waals surface area contributed by atoms with Crippen molar-refractivity contribution in [3.05, 3.63) is 136 Å². The number of anilines is 3. The van der Waals surface area contributed by atoms with E-state index in [9.17, 15) is 14.4 Å². The van der Waals surface area contributed by atoms with Crippen molar-refractivity contribution in [1.29, 1.82) is 0 Å². The molecule has 13 nitrogen and oxygen atoms in total. The first kappa shape index (κ1) is 54.9. The summed E-state index contributed by atoms with van der Waals surface area (Å²) in [5.74, 6) is 2.83. The predicted molar refractivity (Wildman–Crippen MR) is 304 cm³/mol. The molecule has 0 fully saturated rings. The smallest absolute Gasteiger partial charge is 0.258 e. The predicted octanol–water partition coefficient (Wildman–Crippen LogP) is 10.9. The Morgan fingerprint density at radius 3 is 2.17 bits per heavy atom. The summed E-state index contributed by atoms with van der Waals surface area (Å²) in [6.07, 6.45) is 8.80. The first-order chi connectivity index (χ1) is 36.8. The lowest BCUT2D eigenvalue weighted by Crippen LogP contribution is -2.38. The first-order valence-electron chi connectivity index (χ1n) is 26.6. The van der Waals surface area contributed by atoms with E-state index < -0.39 is 0 Å². The molecule has 402 valence electrons. The quantitative estimate of drug-likeness (QED) is 0.0227. The Morgan fingerprint density at radius 1 is 0.776 bits per heavy atom. The molecule has 2 amide bonds. The highest BCUT2D eigenvalue weighted by Crippen LogP contribution is 2.43. The maximum atomic E-state index is 14.4. The van der Waals surface area contributed by atoms with Crippen molar-refractivity contribution in [3.63, 3.8) is 0 Å². The number of ether oxygens (including phenoxy) is 6. The molecule has 0 radical (unpaired) electrons. The van der Waals surface area contributed by atoms with Gasteiger partial charge in [-0.2, -0.15) is 0 Å². The first-order valence-corrected chi connectivity index (χ1v) is 28.9. The molecule has 0 unspecified atom stereocenters. The van der Waals surface area contributed by atoms with Crippen molar-refractivity contribution in [1.82, 2.24) is 0 Å². The van der Waals surface area contributed by atoms with Crippen molar-refractivity contribution in [3.8, 4) is 17.2 Å². The number of hydrogen-bond acceptors (Lipinski definition) is 12. The molecule has 4 aliphatic heterocycles. The molecule has 0 saturated carbocycles. The second kappa shape index (κ2) is 25.1. The molecule has 2 atom stereocenters. The number of amides is 2.